The number of anilines is 2. The van der Waals surface area contributed by atoms with Crippen molar-refractivity contribution in [2.45, 2.75) is 31.7 Å². The van der Waals surface area contributed by atoms with Crippen LogP contribution in [0.15, 0.2) is 53.4 Å². The average Bonchev–Trinajstić information content (AvgIpc) is 2.67. The van der Waals surface area contributed by atoms with Crippen LogP contribution in [-0.2, 0) is 14.8 Å². The standard InChI is InChI=1S/C20H26N4O5S/c1-4-29-16-9-5-15(6-10-16)24-30(27,28)17-11-7-14(8-12-17)22-19(25)18(13(2)3)23-20(21)26/h5-13,18,24H,4H2,1-3H3,(H,22,25)(H3,21,23,26)/t18-/m0/s1. The normalized spacial score (nSPS) is 12.1. The van der Waals surface area contributed by atoms with Crippen LogP contribution in [0.3, 0.4) is 0 Å². The molecular weight excluding hydrogens is 408 g/mol. The number of carbonyl (C=O) groups excluding carboxylic acids is 2. The molecule has 30 heavy (non-hydrogen) atoms. The first-order valence-corrected chi connectivity index (χ1v) is 10.8. The average molecular weight is 435 g/mol. The summed E-state index contributed by atoms with van der Waals surface area (Å²) in [5.41, 5.74) is 5.89. The van der Waals surface area contributed by atoms with Gasteiger partial charge >= 0.3 is 6.03 Å². The molecule has 10 heteroatoms. The summed E-state index contributed by atoms with van der Waals surface area (Å²) in [5.74, 6) is 0.00783. The van der Waals surface area contributed by atoms with Gasteiger partial charge in [0.25, 0.3) is 10.0 Å². The molecule has 9 nitrogen and oxygen atoms in total. The first-order valence-electron chi connectivity index (χ1n) is 9.35. The van der Waals surface area contributed by atoms with Crippen molar-refractivity contribution in [3.8, 4) is 5.75 Å². The smallest absolute Gasteiger partial charge is 0.312 e. The maximum Gasteiger partial charge on any atom is 0.312 e. The Morgan fingerprint density at radius 1 is 1.00 bits per heavy atom. The number of amides is 3. The molecule has 2 aromatic carbocycles. The lowest BCUT2D eigenvalue weighted by atomic mass is 10.0. The first kappa shape index (κ1) is 23.0. The van der Waals surface area contributed by atoms with Gasteiger partial charge in [0.15, 0.2) is 0 Å². The fourth-order valence-corrected chi connectivity index (χ4v) is 3.68. The fraction of sp³-hybridized carbons (Fsp3) is 0.300. The van der Waals surface area contributed by atoms with Crippen molar-refractivity contribution in [3.63, 3.8) is 0 Å². The summed E-state index contributed by atoms with van der Waals surface area (Å²) in [6.07, 6.45) is 0. The second kappa shape index (κ2) is 9.97. The largest absolute Gasteiger partial charge is 0.494 e. The molecule has 0 aliphatic heterocycles. The number of ether oxygens (including phenoxy) is 1. The van der Waals surface area contributed by atoms with Crippen molar-refractivity contribution in [2.24, 2.45) is 11.7 Å². The van der Waals surface area contributed by atoms with E-state index in [1.54, 1.807) is 38.1 Å². The molecule has 0 bridgehead atoms. The van der Waals surface area contributed by atoms with Gasteiger partial charge in [-0.05, 0) is 61.4 Å². The second-order valence-electron chi connectivity index (χ2n) is 6.81. The van der Waals surface area contributed by atoms with Crippen LogP contribution < -0.4 is 25.8 Å². The summed E-state index contributed by atoms with van der Waals surface area (Å²) in [4.78, 5) is 23.5. The Hall–Kier alpha value is -3.27. The SMILES string of the molecule is CCOc1ccc(NS(=O)(=O)c2ccc(NC(=O)[C@@H](NC(N)=O)C(C)C)cc2)cc1. The zero-order chi connectivity index (χ0) is 22.3. The number of hydrogen-bond donors (Lipinski definition) is 4. The number of rotatable bonds is 9. The molecule has 3 amide bonds. The van der Waals surface area contributed by atoms with E-state index in [9.17, 15) is 18.0 Å². The zero-order valence-electron chi connectivity index (χ0n) is 17.0. The van der Waals surface area contributed by atoms with Gasteiger partial charge in [-0.3, -0.25) is 9.52 Å². The van der Waals surface area contributed by atoms with Crippen molar-refractivity contribution in [3.05, 3.63) is 48.5 Å². The van der Waals surface area contributed by atoms with E-state index in [2.05, 4.69) is 15.4 Å². The maximum absolute atomic E-state index is 12.6. The molecule has 0 saturated carbocycles. The molecular formula is C20H26N4O5S. The molecule has 0 heterocycles. The lowest BCUT2D eigenvalue weighted by Crippen LogP contribution is -2.49. The second-order valence-corrected chi connectivity index (χ2v) is 8.49. The molecule has 0 unspecified atom stereocenters. The molecule has 2 rings (SSSR count). The molecule has 1 atom stereocenters. The molecule has 0 fully saturated rings. The molecule has 0 saturated heterocycles. The van der Waals surface area contributed by atoms with E-state index >= 15 is 0 Å². The fourth-order valence-electron chi connectivity index (χ4n) is 2.63. The summed E-state index contributed by atoms with van der Waals surface area (Å²) in [5, 5.41) is 5.02. The molecule has 2 aromatic rings. The van der Waals surface area contributed by atoms with Crippen molar-refractivity contribution < 1.29 is 22.7 Å². The van der Waals surface area contributed by atoms with Crippen LogP contribution in [0, 0.1) is 5.92 Å². The van der Waals surface area contributed by atoms with Crippen LogP contribution >= 0.6 is 0 Å². The van der Waals surface area contributed by atoms with E-state index in [-0.39, 0.29) is 10.8 Å². The molecule has 0 aromatic heterocycles. The Morgan fingerprint density at radius 2 is 1.57 bits per heavy atom. The monoisotopic (exact) mass is 434 g/mol. The van der Waals surface area contributed by atoms with Crippen molar-refractivity contribution in [1.82, 2.24) is 5.32 Å². The van der Waals surface area contributed by atoms with Gasteiger partial charge in [-0.15, -0.1) is 0 Å². The number of nitrogens with two attached hydrogens (primary N) is 1. The minimum Gasteiger partial charge on any atom is -0.494 e. The van der Waals surface area contributed by atoms with Crippen LogP contribution in [-0.4, -0.2) is 33.0 Å². The number of primary amides is 1. The van der Waals surface area contributed by atoms with E-state index in [1.165, 1.54) is 24.3 Å². The van der Waals surface area contributed by atoms with Crippen LogP contribution in [0.4, 0.5) is 16.2 Å². The molecule has 162 valence electrons. The lowest BCUT2D eigenvalue weighted by Gasteiger charge is -2.20. The summed E-state index contributed by atoms with van der Waals surface area (Å²) in [6, 6.07) is 10.6. The van der Waals surface area contributed by atoms with Gasteiger partial charge in [-0.2, -0.15) is 0 Å². The zero-order valence-corrected chi connectivity index (χ0v) is 17.8. The molecule has 0 aliphatic rings. The number of urea groups is 1. The van der Waals surface area contributed by atoms with Crippen molar-refractivity contribution >= 4 is 33.3 Å². The Labute approximate surface area is 176 Å². The number of carbonyl (C=O) groups is 2. The van der Waals surface area contributed by atoms with E-state index in [4.69, 9.17) is 10.5 Å². The van der Waals surface area contributed by atoms with E-state index in [0.29, 0.717) is 23.7 Å². The Kier molecular flexibility index (Phi) is 7.65. The lowest BCUT2D eigenvalue weighted by molar-refractivity contribution is -0.118. The minimum atomic E-state index is -3.81. The van der Waals surface area contributed by atoms with E-state index in [1.807, 2.05) is 6.92 Å². The highest BCUT2D eigenvalue weighted by atomic mass is 32.2. The summed E-state index contributed by atoms with van der Waals surface area (Å²) >= 11 is 0. The van der Waals surface area contributed by atoms with E-state index in [0.717, 1.165) is 0 Å². The molecule has 0 spiro atoms. The third-order valence-corrected chi connectivity index (χ3v) is 5.49. The number of benzene rings is 2. The quantitative estimate of drug-likeness (QED) is 0.480. The maximum atomic E-state index is 12.6. The van der Waals surface area contributed by atoms with Gasteiger partial charge in [-0.25, -0.2) is 13.2 Å². The van der Waals surface area contributed by atoms with Gasteiger partial charge in [0.2, 0.25) is 5.91 Å². The van der Waals surface area contributed by atoms with Crippen LogP contribution in [0.2, 0.25) is 0 Å². The Balaban J connectivity index is 2.08. The summed E-state index contributed by atoms with van der Waals surface area (Å²) in [7, 11) is -3.81. The predicted octanol–water partition coefficient (Wildman–Crippen LogP) is 2.52. The summed E-state index contributed by atoms with van der Waals surface area (Å²) in [6.45, 7) is 5.91. The Morgan fingerprint density at radius 3 is 2.07 bits per heavy atom. The number of sulfonamides is 1. The number of hydrogen-bond acceptors (Lipinski definition) is 5. The van der Waals surface area contributed by atoms with Crippen molar-refractivity contribution in [2.75, 3.05) is 16.6 Å². The molecule has 5 N–H and O–H groups in total. The highest BCUT2D eigenvalue weighted by Gasteiger charge is 2.23. The molecule has 0 aliphatic carbocycles. The topological polar surface area (TPSA) is 140 Å². The number of nitrogens with one attached hydrogen (secondary N) is 3. The van der Waals surface area contributed by atoms with Crippen LogP contribution in [0.5, 0.6) is 5.75 Å². The highest BCUT2D eigenvalue weighted by Crippen LogP contribution is 2.21. The highest BCUT2D eigenvalue weighted by molar-refractivity contribution is 7.92. The summed E-state index contributed by atoms with van der Waals surface area (Å²) < 4.78 is 33.0. The minimum absolute atomic E-state index is 0.0325. The first-order chi connectivity index (χ1) is 14.1. The van der Waals surface area contributed by atoms with Crippen molar-refractivity contribution in [1.29, 1.82) is 0 Å². The van der Waals surface area contributed by atoms with Gasteiger partial charge in [0.05, 0.1) is 11.5 Å². The molecule has 0 radical (unpaired) electrons. The van der Waals surface area contributed by atoms with Gasteiger partial charge in [-0.1, -0.05) is 13.8 Å². The third-order valence-electron chi connectivity index (χ3n) is 4.10. The van der Waals surface area contributed by atoms with E-state index < -0.39 is 28.0 Å². The van der Waals surface area contributed by atoms with Crippen LogP contribution in [0.25, 0.3) is 0 Å². The van der Waals surface area contributed by atoms with Gasteiger partial charge in [0, 0.05) is 11.4 Å². The Bertz CT molecular complexity index is 973. The van der Waals surface area contributed by atoms with Crippen LogP contribution in [0.1, 0.15) is 20.8 Å². The third kappa shape index (κ3) is 6.38. The van der Waals surface area contributed by atoms with Gasteiger partial charge < -0.3 is 21.1 Å². The van der Waals surface area contributed by atoms with Gasteiger partial charge in [0.1, 0.15) is 11.8 Å². The predicted molar refractivity (Wildman–Crippen MR) is 115 cm³/mol.